The van der Waals surface area contributed by atoms with Crippen molar-refractivity contribution in [2.45, 2.75) is 79.1 Å². The van der Waals surface area contributed by atoms with E-state index in [2.05, 4.69) is 20.8 Å². The summed E-state index contributed by atoms with van der Waals surface area (Å²) in [6.07, 6.45) is 6.96. The quantitative estimate of drug-likeness (QED) is 0.239. The van der Waals surface area contributed by atoms with Crippen LogP contribution in [0, 0.1) is 0 Å². The zero-order valence-electron chi connectivity index (χ0n) is 16.4. The Bertz CT molecular complexity index is 282. The zero-order valence-corrected chi connectivity index (χ0v) is 19.9. The van der Waals surface area contributed by atoms with Gasteiger partial charge in [-0.15, -0.1) is 0 Å². The molecule has 0 aromatic heterocycles. The van der Waals surface area contributed by atoms with Gasteiger partial charge in [-0.2, -0.15) is 0 Å². The molecule has 0 aliphatic rings. The first-order chi connectivity index (χ1) is 11.9. The summed E-state index contributed by atoms with van der Waals surface area (Å²) in [7, 11) is -3.63. The molecule has 0 aliphatic heterocycles. The van der Waals surface area contributed by atoms with Crippen LogP contribution in [0.25, 0.3) is 0 Å². The zero-order chi connectivity index (χ0) is 19.0. The monoisotopic (exact) mass is 460 g/mol. The molecule has 9 heteroatoms. The predicted octanol–water partition coefficient (Wildman–Crippen LogP) is 3.50. The van der Waals surface area contributed by atoms with Crippen molar-refractivity contribution in [2.24, 2.45) is 0 Å². The fourth-order valence-corrected chi connectivity index (χ4v) is 8.92. The van der Waals surface area contributed by atoms with Gasteiger partial charge in [0, 0.05) is 0 Å². The van der Waals surface area contributed by atoms with Crippen LogP contribution in [0.5, 0.6) is 0 Å². The Morgan fingerprint density at radius 2 is 1.00 bits per heavy atom. The van der Waals surface area contributed by atoms with Crippen molar-refractivity contribution in [1.29, 1.82) is 0 Å². The van der Waals surface area contributed by atoms with Gasteiger partial charge in [0.05, 0.1) is 0 Å². The number of hydrogen-bond donors (Lipinski definition) is 2. The maximum atomic E-state index is 10.3. The van der Waals surface area contributed by atoms with Crippen LogP contribution in [-0.4, -0.2) is 41.8 Å². The van der Waals surface area contributed by atoms with E-state index in [0.717, 1.165) is 51.4 Å². The van der Waals surface area contributed by atoms with Crippen molar-refractivity contribution in [1.82, 2.24) is 0 Å². The van der Waals surface area contributed by atoms with E-state index in [4.69, 9.17) is 18.6 Å². The number of hydrogen-bond acceptors (Lipinski definition) is 7. The molecule has 0 saturated carbocycles. The normalized spacial score (nSPS) is 12.7. The predicted molar refractivity (Wildman–Crippen MR) is 94.7 cm³/mol. The minimum absolute atomic E-state index is 0.253. The molecule has 0 aromatic carbocycles. The second-order valence-corrected chi connectivity index (χ2v) is 12.9. The first-order valence-corrected chi connectivity index (χ1v) is 15.5. The molecule has 2 N–H and O–H groups in total. The summed E-state index contributed by atoms with van der Waals surface area (Å²) >= 11 is -5.18. The van der Waals surface area contributed by atoms with E-state index in [-0.39, 0.29) is 6.61 Å². The third kappa shape index (κ3) is 13.6. The van der Waals surface area contributed by atoms with Gasteiger partial charge in [-0.1, -0.05) is 0 Å². The molecule has 0 radical (unpaired) electrons. The number of rotatable bonds is 18. The molecule has 0 spiro atoms. The third-order valence-electron chi connectivity index (χ3n) is 3.38. The molecule has 0 atom stereocenters. The van der Waals surface area contributed by atoms with Crippen LogP contribution in [0.2, 0.25) is 0 Å². The third-order valence-corrected chi connectivity index (χ3v) is 10.8. The van der Waals surface area contributed by atoms with E-state index in [1.54, 1.807) is 0 Å². The van der Waals surface area contributed by atoms with Gasteiger partial charge in [0.1, 0.15) is 0 Å². The molecular weight excluding hydrogens is 423 g/mol. The Labute approximate surface area is 161 Å². The van der Waals surface area contributed by atoms with Crippen molar-refractivity contribution < 1.29 is 47.0 Å². The van der Waals surface area contributed by atoms with Crippen LogP contribution in [-0.2, 0) is 40.6 Å². The second-order valence-electron chi connectivity index (χ2n) is 5.96. The van der Waals surface area contributed by atoms with Crippen LogP contribution in [0.3, 0.4) is 0 Å². The molecule has 0 aliphatic carbocycles. The van der Waals surface area contributed by atoms with Gasteiger partial charge in [0.25, 0.3) is 0 Å². The number of unbranched alkanes of at least 4 members (excludes halogenated alkanes) is 4. The summed E-state index contributed by atoms with van der Waals surface area (Å²) in [5.41, 5.74) is 0. The Balaban J connectivity index is 5.01. The van der Waals surface area contributed by atoms with Crippen molar-refractivity contribution in [3.05, 3.63) is 0 Å². The summed E-state index contributed by atoms with van der Waals surface area (Å²) in [5.74, 6) is 0. The molecule has 0 bridgehead atoms. The van der Waals surface area contributed by atoms with E-state index in [0.29, 0.717) is 19.8 Å². The maximum absolute atomic E-state index is 10.3. The first kappa shape index (κ1) is 25.8. The van der Waals surface area contributed by atoms with Gasteiger partial charge in [0.15, 0.2) is 0 Å². The fraction of sp³-hybridized carbons (Fsp3) is 1.00. The standard InChI is InChI=1S/C12H27O4Si.C4H9O.2H2O.Zr/c1-4-7-10-14-17(13,15-11-8-5-2)16-12-9-6-3;1-2-3-4-5;;;/h4-12H2,1-3H3;2-4H2,1H3;2*1H2;/q2*-1;;;+4/p-2. The van der Waals surface area contributed by atoms with Gasteiger partial charge in [-0.3, -0.25) is 0 Å². The van der Waals surface area contributed by atoms with Gasteiger partial charge < -0.3 is 0 Å². The Kier molecular flexibility index (Phi) is 16.4. The van der Waals surface area contributed by atoms with Crippen LogP contribution < -0.4 is 0 Å². The Morgan fingerprint density at radius 1 is 0.640 bits per heavy atom. The molecule has 0 fully saturated rings. The first-order valence-electron chi connectivity index (χ1n) is 9.66. The SMILES string of the molecule is CCCCO[Si](OCCCC)(OCCCC)[O][Zr]([OH])([OH])[O]CCCC. The molecular formula is C16H38O7SiZr. The molecule has 0 rings (SSSR count). The second kappa shape index (κ2) is 15.8. The summed E-state index contributed by atoms with van der Waals surface area (Å²) in [6, 6.07) is 0. The fourth-order valence-electron chi connectivity index (χ4n) is 1.78. The Hall–Kier alpha value is 0.820. The van der Waals surface area contributed by atoms with E-state index >= 15 is 0 Å². The van der Waals surface area contributed by atoms with E-state index in [9.17, 15) is 6.37 Å². The van der Waals surface area contributed by atoms with E-state index in [1.165, 1.54) is 0 Å². The summed E-state index contributed by atoms with van der Waals surface area (Å²) in [6.45, 7) is 9.62. The van der Waals surface area contributed by atoms with E-state index < -0.39 is 31.1 Å². The van der Waals surface area contributed by atoms with Crippen molar-refractivity contribution in [3.8, 4) is 0 Å². The topological polar surface area (TPSA) is 86.6 Å². The van der Waals surface area contributed by atoms with Crippen LogP contribution in [0.4, 0.5) is 0 Å². The average molecular weight is 462 g/mol. The summed E-state index contributed by atoms with van der Waals surface area (Å²) in [5, 5.41) is 0. The van der Waals surface area contributed by atoms with E-state index in [1.807, 2.05) is 6.92 Å². The van der Waals surface area contributed by atoms with Gasteiger partial charge in [0.2, 0.25) is 0 Å². The molecule has 0 heterocycles. The Morgan fingerprint density at radius 3 is 1.36 bits per heavy atom. The van der Waals surface area contributed by atoms with Gasteiger partial charge in [-0.25, -0.2) is 0 Å². The average Bonchev–Trinajstić information content (AvgIpc) is 2.55. The molecule has 152 valence electrons. The summed E-state index contributed by atoms with van der Waals surface area (Å²) < 4.78 is 48.8. The molecule has 25 heavy (non-hydrogen) atoms. The van der Waals surface area contributed by atoms with Crippen LogP contribution >= 0.6 is 0 Å². The molecule has 0 unspecified atom stereocenters. The molecule has 0 aromatic rings. The minimum atomic E-state index is -5.18. The van der Waals surface area contributed by atoms with Crippen molar-refractivity contribution in [3.63, 3.8) is 0 Å². The molecule has 7 nitrogen and oxygen atoms in total. The van der Waals surface area contributed by atoms with Crippen LogP contribution in [0.1, 0.15) is 79.1 Å². The van der Waals surface area contributed by atoms with Crippen molar-refractivity contribution >= 4 is 9.05 Å². The molecule has 0 amide bonds. The molecule has 0 saturated heterocycles. The van der Waals surface area contributed by atoms with Crippen molar-refractivity contribution in [2.75, 3.05) is 26.4 Å². The van der Waals surface area contributed by atoms with Gasteiger partial charge in [-0.05, 0) is 0 Å². The van der Waals surface area contributed by atoms with Crippen LogP contribution in [0.15, 0.2) is 0 Å². The van der Waals surface area contributed by atoms with Gasteiger partial charge >= 0.3 is 162 Å². The summed E-state index contributed by atoms with van der Waals surface area (Å²) in [4.78, 5) is 0.